The molecule has 3 rings (SSSR count). The summed E-state index contributed by atoms with van der Waals surface area (Å²) in [5.74, 6) is -0.230. The smallest absolute Gasteiger partial charge is 0.224 e. The Morgan fingerprint density at radius 2 is 1.93 bits per heavy atom. The van der Waals surface area contributed by atoms with Gasteiger partial charge in [0.2, 0.25) is 5.91 Å². The molecule has 2 aromatic rings. The van der Waals surface area contributed by atoms with E-state index in [1.165, 1.54) is 11.6 Å². The Hall–Kier alpha value is -2.40. The summed E-state index contributed by atoms with van der Waals surface area (Å²) in [6, 6.07) is 14.3. The van der Waals surface area contributed by atoms with Crippen molar-refractivity contribution in [1.82, 2.24) is 10.2 Å². The van der Waals surface area contributed by atoms with Crippen molar-refractivity contribution in [1.29, 1.82) is 0 Å². The molecule has 5 heteroatoms. The van der Waals surface area contributed by atoms with Crippen LogP contribution < -0.4 is 5.32 Å². The average Bonchev–Trinajstić information content (AvgIpc) is 3.22. The van der Waals surface area contributed by atoms with Crippen LogP contribution in [0.1, 0.15) is 25.0 Å². The maximum absolute atomic E-state index is 14.1. The molecule has 0 radical (unpaired) electrons. The lowest BCUT2D eigenvalue weighted by Crippen LogP contribution is -2.42. The second kappa shape index (κ2) is 7.92. The minimum absolute atomic E-state index is 0.0416. The van der Waals surface area contributed by atoms with Gasteiger partial charge in [-0.3, -0.25) is 4.79 Å². The first-order chi connectivity index (χ1) is 13.2. The summed E-state index contributed by atoms with van der Waals surface area (Å²) >= 11 is 0. The third-order valence-corrected chi connectivity index (χ3v) is 6.40. The van der Waals surface area contributed by atoms with E-state index in [0.717, 1.165) is 6.07 Å². The van der Waals surface area contributed by atoms with Crippen LogP contribution >= 0.6 is 0 Å². The Balaban J connectivity index is 1.63. The molecule has 0 heterocycles. The number of carbonyl (C=O) groups excluding carboxylic acids is 1. The molecule has 0 bridgehead atoms. The van der Waals surface area contributed by atoms with E-state index in [4.69, 9.17) is 0 Å². The topological polar surface area (TPSA) is 52.6 Å². The molecule has 2 aromatic carbocycles. The zero-order valence-corrected chi connectivity index (χ0v) is 16.9. The number of phenols is 1. The third kappa shape index (κ3) is 3.90. The van der Waals surface area contributed by atoms with Crippen molar-refractivity contribution in [2.24, 2.45) is 11.8 Å². The first kappa shape index (κ1) is 20.3. The number of hydrogen-bond acceptors (Lipinski definition) is 3. The van der Waals surface area contributed by atoms with Crippen LogP contribution in [0.4, 0.5) is 4.39 Å². The monoisotopic (exact) mass is 384 g/mol. The molecule has 0 aliphatic heterocycles. The first-order valence-electron chi connectivity index (χ1n) is 9.72. The van der Waals surface area contributed by atoms with Crippen molar-refractivity contribution in [3.8, 4) is 5.75 Å². The van der Waals surface area contributed by atoms with Crippen LogP contribution in [0, 0.1) is 17.7 Å². The van der Waals surface area contributed by atoms with Gasteiger partial charge in [0.05, 0.1) is 5.92 Å². The number of nitrogens with zero attached hydrogens (tertiary/aromatic N) is 1. The summed E-state index contributed by atoms with van der Waals surface area (Å²) < 4.78 is 14.1. The predicted octanol–water partition coefficient (Wildman–Crippen LogP) is 3.34. The SMILES string of the molecule is C[C@H]1C(C(=O)NC[C@H](Cc2ccc(O)cc2F)N(C)C)[C@]1(C)c1ccccc1. The molecule has 1 saturated carbocycles. The number of likely N-dealkylation sites (N-methyl/N-ethyl adjacent to an activating group) is 1. The van der Waals surface area contributed by atoms with Gasteiger partial charge >= 0.3 is 0 Å². The van der Waals surface area contributed by atoms with Gasteiger partial charge in [0, 0.05) is 24.1 Å². The van der Waals surface area contributed by atoms with Gasteiger partial charge in [0.15, 0.2) is 0 Å². The van der Waals surface area contributed by atoms with E-state index in [9.17, 15) is 14.3 Å². The molecule has 2 N–H and O–H groups in total. The lowest BCUT2D eigenvalue weighted by Gasteiger charge is -2.25. The second-order valence-corrected chi connectivity index (χ2v) is 8.26. The number of aromatic hydroxyl groups is 1. The number of carbonyl (C=O) groups is 1. The molecule has 0 spiro atoms. The number of hydrogen-bond donors (Lipinski definition) is 2. The molecule has 150 valence electrons. The number of halogens is 1. The lowest BCUT2D eigenvalue weighted by molar-refractivity contribution is -0.123. The molecule has 1 fully saturated rings. The van der Waals surface area contributed by atoms with E-state index in [2.05, 4.69) is 31.3 Å². The van der Waals surface area contributed by atoms with Crippen LogP contribution in [-0.4, -0.2) is 42.6 Å². The molecular weight excluding hydrogens is 355 g/mol. The first-order valence-corrected chi connectivity index (χ1v) is 9.72. The van der Waals surface area contributed by atoms with Crippen molar-refractivity contribution >= 4 is 5.91 Å². The fourth-order valence-corrected chi connectivity index (χ4v) is 4.19. The summed E-state index contributed by atoms with van der Waals surface area (Å²) in [4.78, 5) is 14.8. The number of nitrogens with one attached hydrogen (secondary N) is 1. The fourth-order valence-electron chi connectivity index (χ4n) is 4.19. The molecule has 0 aromatic heterocycles. The zero-order valence-electron chi connectivity index (χ0n) is 16.9. The highest BCUT2D eigenvalue weighted by atomic mass is 19.1. The van der Waals surface area contributed by atoms with Crippen molar-refractivity contribution in [3.05, 3.63) is 65.5 Å². The summed E-state index contributed by atoms with van der Waals surface area (Å²) in [5, 5.41) is 12.5. The molecule has 1 unspecified atom stereocenters. The molecule has 4 nitrogen and oxygen atoms in total. The van der Waals surface area contributed by atoms with Gasteiger partial charge in [-0.15, -0.1) is 0 Å². The number of amides is 1. The highest BCUT2D eigenvalue weighted by Crippen LogP contribution is 2.59. The number of benzene rings is 2. The van der Waals surface area contributed by atoms with Gasteiger partial charge < -0.3 is 15.3 Å². The summed E-state index contributed by atoms with van der Waals surface area (Å²) in [5.41, 5.74) is 1.58. The van der Waals surface area contributed by atoms with E-state index in [1.807, 2.05) is 37.2 Å². The molecular formula is C23H29FN2O2. The van der Waals surface area contributed by atoms with E-state index < -0.39 is 5.82 Å². The van der Waals surface area contributed by atoms with Gasteiger partial charge in [0.25, 0.3) is 0 Å². The average molecular weight is 384 g/mol. The van der Waals surface area contributed by atoms with E-state index >= 15 is 0 Å². The van der Waals surface area contributed by atoms with E-state index in [0.29, 0.717) is 18.5 Å². The standard InChI is InChI=1S/C23H29FN2O2/c1-15-21(23(15,2)17-8-6-5-7-9-17)22(28)25-14-18(26(3)4)12-16-10-11-19(27)13-20(16)24/h5-11,13,15,18,21,27H,12,14H2,1-4H3,(H,25,28)/t15-,18-,21?,23-/m0/s1. The summed E-state index contributed by atoms with van der Waals surface area (Å²) in [6.07, 6.45) is 0.454. The van der Waals surface area contributed by atoms with Crippen LogP contribution in [0.5, 0.6) is 5.75 Å². The molecule has 1 aliphatic carbocycles. The van der Waals surface area contributed by atoms with Gasteiger partial charge in [-0.2, -0.15) is 0 Å². The van der Waals surface area contributed by atoms with Crippen LogP contribution in [0.2, 0.25) is 0 Å². The number of rotatable bonds is 7. The summed E-state index contributed by atoms with van der Waals surface area (Å²) in [7, 11) is 3.84. The Bertz CT molecular complexity index is 840. The second-order valence-electron chi connectivity index (χ2n) is 8.26. The Labute approximate surface area is 166 Å². The maximum Gasteiger partial charge on any atom is 0.224 e. The molecule has 4 atom stereocenters. The quantitative estimate of drug-likeness (QED) is 0.770. The highest BCUT2D eigenvalue weighted by molar-refractivity contribution is 5.85. The lowest BCUT2D eigenvalue weighted by atomic mass is 9.94. The largest absolute Gasteiger partial charge is 0.508 e. The van der Waals surface area contributed by atoms with Crippen molar-refractivity contribution in [3.63, 3.8) is 0 Å². The van der Waals surface area contributed by atoms with Crippen LogP contribution in [0.25, 0.3) is 0 Å². The van der Waals surface area contributed by atoms with Crippen molar-refractivity contribution in [2.75, 3.05) is 20.6 Å². The number of phenolic OH excluding ortho intramolecular Hbond substituents is 1. The van der Waals surface area contributed by atoms with Crippen molar-refractivity contribution < 1.29 is 14.3 Å². The van der Waals surface area contributed by atoms with Gasteiger partial charge in [0.1, 0.15) is 11.6 Å². The van der Waals surface area contributed by atoms with E-state index in [1.54, 1.807) is 6.07 Å². The minimum Gasteiger partial charge on any atom is -0.508 e. The van der Waals surface area contributed by atoms with Gasteiger partial charge in [-0.1, -0.05) is 50.2 Å². The van der Waals surface area contributed by atoms with Crippen LogP contribution in [0.3, 0.4) is 0 Å². The molecule has 1 aliphatic rings. The summed E-state index contributed by atoms with van der Waals surface area (Å²) in [6.45, 7) is 4.71. The third-order valence-electron chi connectivity index (χ3n) is 6.40. The molecule has 28 heavy (non-hydrogen) atoms. The Kier molecular flexibility index (Phi) is 5.75. The molecule has 1 amide bonds. The Morgan fingerprint density at radius 3 is 2.54 bits per heavy atom. The predicted molar refractivity (Wildman–Crippen MR) is 109 cm³/mol. The van der Waals surface area contributed by atoms with Gasteiger partial charge in [-0.25, -0.2) is 4.39 Å². The van der Waals surface area contributed by atoms with Crippen molar-refractivity contribution in [2.45, 2.75) is 31.7 Å². The highest BCUT2D eigenvalue weighted by Gasteiger charge is 2.62. The van der Waals surface area contributed by atoms with Crippen LogP contribution in [0.15, 0.2) is 48.5 Å². The Morgan fingerprint density at radius 1 is 1.25 bits per heavy atom. The normalized spacial score (nSPS) is 24.8. The molecule has 0 saturated heterocycles. The van der Waals surface area contributed by atoms with Gasteiger partial charge in [-0.05, 0) is 43.6 Å². The zero-order chi connectivity index (χ0) is 20.5. The fraction of sp³-hybridized carbons (Fsp3) is 0.435. The minimum atomic E-state index is -0.425. The van der Waals surface area contributed by atoms with Crippen LogP contribution in [-0.2, 0) is 16.6 Å². The van der Waals surface area contributed by atoms with E-state index in [-0.39, 0.29) is 34.9 Å². The maximum atomic E-state index is 14.1.